The lowest BCUT2D eigenvalue weighted by Gasteiger charge is -2.41. The molecule has 2 amide bonds. The van der Waals surface area contributed by atoms with Gasteiger partial charge in [0.1, 0.15) is 0 Å². The molecule has 3 nitrogen and oxygen atoms in total. The number of amides is 2. The molecule has 3 heteroatoms. The number of hydrogen-bond acceptors (Lipinski definition) is 1. The van der Waals surface area contributed by atoms with Crippen molar-refractivity contribution in [3.63, 3.8) is 0 Å². The highest BCUT2D eigenvalue weighted by atomic mass is 16.2. The fourth-order valence-electron chi connectivity index (χ4n) is 2.16. The third kappa shape index (κ3) is 1.86. The Morgan fingerprint density at radius 1 is 1.43 bits per heavy atom. The summed E-state index contributed by atoms with van der Waals surface area (Å²) < 4.78 is 0. The van der Waals surface area contributed by atoms with Crippen molar-refractivity contribution < 1.29 is 4.79 Å². The molecule has 1 saturated heterocycles. The zero-order valence-electron chi connectivity index (χ0n) is 9.20. The molecule has 0 atom stereocenters. The normalized spacial score (nSPS) is 22.0. The number of urea groups is 1. The summed E-state index contributed by atoms with van der Waals surface area (Å²) >= 11 is 0. The largest absolute Gasteiger partial charge is 0.325 e. The molecule has 0 aromatic rings. The van der Waals surface area contributed by atoms with E-state index >= 15 is 0 Å². The number of rotatable bonds is 3. The molecule has 0 bridgehead atoms. The van der Waals surface area contributed by atoms with Crippen molar-refractivity contribution in [2.45, 2.75) is 38.6 Å². The van der Waals surface area contributed by atoms with Gasteiger partial charge in [-0.25, -0.2) is 4.79 Å². The maximum atomic E-state index is 11.8. The molecule has 14 heavy (non-hydrogen) atoms. The summed E-state index contributed by atoms with van der Waals surface area (Å²) in [6, 6.07) is 0.799. The topological polar surface area (TPSA) is 23.6 Å². The zero-order chi connectivity index (χ0) is 10.1. The summed E-state index contributed by atoms with van der Waals surface area (Å²) in [6.07, 6.45) is 4.92. The minimum atomic E-state index is 0.250. The lowest BCUT2D eigenvalue weighted by molar-refractivity contribution is 0.0907. The Labute approximate surface area is 86.1 Å². The van der Waals surface area contributed by atoms with E-state index in [9.17, 15) is 4.79 Å². The van der Waals surface area contributed by atoms with Gasteiger partial charge < -0.3 is 9.80 Å². The van der Waals surface area contributed by atoms with E-state index in [1.165, 1.54) is 25.7 Å². The predicted molar refractivity (Wildman–Crippen MR) is 56.2 cm³/mol. The average molecular weight is 196 g/mol. The van der Waals surface area contributed by atoms with Crippen LogP contribution in [0, 0.1) is 5.92 Å². The number of carbonyl (C=O) groups excluding carboxylic acids is 1. The van der Waals surface area contributed by atoms with Crippen molar-refractivity contribution in [3.05, 3.63) is 0 Å². The van der Waals surface area contributed by atoms with Crippen LogP contribution in [0.25, 0.3) is 0 Å². The van der Waals surface area contributed by atoms with Crippen molar-refractivity contribution in [1.29, 1.82) is 0 Å². The van der Waals surface area contributed by atoms with Gasteiger partial charge in [-0.1, -0.05) is 13.3 Å². The lowest BCUT2D eigenvalue weighted by atomic mass is 9.95. The van der Waals surface area contributed by atoms with E-state index in [4.69, 9.17) is 0 Å². The van der Waals surface area contributed by atoms with Gasteiger partial charge in [-0.2, -0.15) is 0 Å². The second-order valence-corrected chi connectivity index (χ2v) is 4.68. The van der Waals surface area contributed by atoms with Gasteiger partial charge in [0.15, 0.2) is 0 Å². The lowest BCUT2D eigenvalue weighted by Crippen LogP contribution is -2.54. The molecule has 1 saturated carbocycles. The third-order valence-corrected chi connectivity index (χ3v) is 3.32. The van der Waals surface area contributed by atoms with Crippen molar-refractivity contribution >= 4 is 6.03 Å². The summed E-state index contributed by atoms with van der Waals surface area (Å²) in [7, 11) is 1.94. The van der Waals surface area contributed by atoms with Crippen LogP contribution >= 0.6 is 0 Å². The zero-order valence-corrected chi connectivity index (χ0v) is 9.20. The second-order valence-electron chi connectivity index (χ2n) is 4.68. The van der Waals surface area contributed by atoms with Crippen molar-refractivity contribution in [3.8, 4) is 0 Å². The molecule has 1 aliphatic carbocycles. The van der Waals surface area contributed by atoms with E-state index in [1.54, 1.807) is 0 Å². The van der Waals surface area contributed by atoms with Crippen LogP contribution in [0.1, 0.15) is 32.6 Å². The minimum absolute atomic E-state index is 0.250. The highest BCUT2D eigenvalue weighted by molar-refractivity contribution is 5.75. The first-order valence-corrected chi connectivity index (χ1v) is 5.74. The summed E-state index contributed by atoms with van der Waals surface area (Å²) in [5.74, 6) is 0.775. The van der Waals surface area contributed by atoms with Gasteiger partial charge >= 0.3 is 6.03 Å². The van der Waals surface area contributed by atoms with E-state index in [0.29, 0.717) is 6.04 Å². The molecular weight excluding hydrogens is 176 g/mol. The van der Waals surface area contributed by atoms with Gasteiger partial charge in [0.25, 0.3) is 0 Å². The number of hydrogen-bond donors (Lipinski definition) is 0. The fourth-order valence-corrected chi connectivity index (χ4v) is 2.16. The quantitative estimate of drug-likeness (QED) is 0.676. The van der Waals surface area contributed by atoms with Crippen LogP contribution < -0.4 is 0 Å². The minimum Gasteiger partial charge on any atom is -0.325 e. The summed E-state index contributed by atoms with van der Waals surface area (Å²) in [4.78, 5) is 15.7. The Balaban J connectivity index is 1.72. The molecule has 1 aliphatic heterocycles. The van der Waals surface area contributed by atoms with Crippen molar-refractivity contribution in [1.82, 2.24) is 9.80 Å². The first-order chi connectivity index (χ1) is 6.72. The van der Waals surface area contributed by atoms with Crippen LogP contribution in [0.5, 0.6) is 0 Å². The van der Waals surface area contributed by atoms with Crippen LogP contribution in [0.2, 0.25) is 0 Å². The van der Waals surface area contributed by atoms with E-state index in [0.717, 1.165) is 19.0 Å². The van der Waals surface area contributed by atoms with Gasteiger partial charge in [-0.05, 0) is 25.2 Å². The Kier molecular flexibility index (Phi) is 2.66. The molecule has 0 aromatic carbocycles. The maximum absolute atomic E-state index is 11.8. The standard InChI is InChI=1S/C11H20N2O/c1-3-4-9-7-13(8-9)11(14)12(2)10-5-6-10/h9-10H,3-8H2,1-2H3. The van der Waals surface area contributed by atoms with Crippen LogP contribution in [-0.4, -0.2) is 42.0 Å². The second kappa shape index (κ2) is 3.79. The molecule has 80 valence electrons. The van der Waals surface area contributed by atoms with Gasteiger partial charge in [-0.15, -0.1) is 0 Å². The Bertz CT molecular complexity index is 219. The van der Waals surface area contributed by atoms with Crippen molar-refractivity contribution in [2.75, 3.05) is 20.1 Å². The molecule has 0 N–H and O–H groups in total. The first kappa shape index (κ1) is 9.81. The van der Waals surface area contributed by atoms with Gasteiger partial charge in [0.2, 0.25) is 0 Å². The molecule has 1 heterocycles. The van der Waals surface area contributed by atoms with E-state index in [2.05, 4.69) is 6.92 Å². The predicted octanol–water partition coefficient (Wildman–Crippen LogP) is 1.93. The Morgan fingerprint density at radius 3 is 2.57 bits per heavy atom. The SMILES string of the molecule is CCCC1CN(C(=O)N(C)C2CC2)C1. The molecule has 0 radical (unpaired) electrons. The fraction of sp³-hybridized carbons (Fsp3) is 0.909. The Morgan fingerprint density at radius 2 is 2.07 bits per heavy atom. The molecule has 2 aliphatic rings. The highest BCUT2D eigenvalue weighted by Gasteiger charge is 2.36. The highest BCUT2D eigenvalue weighted by Crippen LogP contribution is 2.28. The van der Waals surface area contributed by atoms with Crippen LogP contribution in [-0.2, 0) is 0 Å². The molecule has 0 spiro atoms. The summed E-state index contributed by atoms with van der Waals surface area (Å²) in [5.41, 5.74) is 0. The first-order valence-electron chi connectivity index (χ1n) is 5.74. The van der Waals surface area contributed by atoms with Gasteiger partial charge in [-0.3, -0.25) is 0 Å². The average Bonchev–Trinajstić information content (AvgIpc) is 2.91. The number of nitrogens with zero attached hydrogens (tertiary/aromatic N) is 2. The maximum Gasteiger partial charge on any atom is 0.320 e. The molecule has 2 fully saturated rings. The van der Waals surface area contributed by atoms with Crippen LogP contribution in [0.4, 0.5) is 4.79 Å². The summed E-state index contributed by atoms with van der Waals surface area (Å²) in [6.45, 7) is 4.19. The van der Waals surface area contributed by atoms with Gasteiger partial charge in [0, 0.05) is 26.2 Å². The van der Waals surface area contributed by atoms with Gasteiger partial charge in [0.05, 0.1) is 0 Å². The van der Waals surface area contributed by atoms with E-state index in [-0.39, 0.29) is 6.03 Å². The summed E-state index contributed by atoms with van der Waals surface area (Å²) in [5, 5.41) is 0. The van der Waals surface area contributed by atoms with Crippen molar-refractivity contribution in [2.24, 2.45) is 5.92 Å². The smallest absolute Gasteiger partial charge is 0.320 e. The van der Waals surface area contributed by atoms with E-state index < -0.39 is 0 Å². The molecule has 2 rings (SSSR count). The van der Waals surface area contributed by atoms with Crippen LogP contribution in [0.15, 0.2) is 0 Å². The Hall–Kier alpha value is -0.730. The monoisotopic (exact) mass is 196 g/mol. The third-order valence-electron chi connectivity index (χ3n) is 3.32. The number of likely N-dealkylation sites (tertiary alicyclic amines) is 1. The molecule has 0 aromatic heterocycles. The molecule has 0 unspecified atom stereocenters. The molecular formula is C11H20N2O. The number of carbonyl (C=O) groups is 1. The van der Waals surface area contributed by atoms with Crippen LogP contribution in [0.3, 0.4) is 0 Å². The van der Waals surface area contributed by atoms with E-state index in [1.807, 2.05) is 16.8 Å².